The van der Waals surface area contributed by atoms with Gasteiger partial charge in [0.05, 0.1) is 6.10 Å². The molecule has 4 aliphatic rings. The maximum absolute atomic E-state index is 12.1. The minimum absolute atomic E-state index is 0.147. The smallest absolute Gasteiger partial charge is 0.133 e. The van der Waals surface area contributed by atoms with Crippen LogP contribution in [0.25, 0.3) is 0 Å². The highest BCUT2D eigenvalue weighted by Crippen LogP contribution is 2.64. The van der Waals surface area contributed by atoms with E-state index in [1.165, 1.54) is 24.8 Å². The second-order valence-electron chi connectivity index (χ2n) is 9.06. The van der Waals surface area contributed by atoms with Gasteiger partial charge in [0.25, 0.3) is 0 Å². The minimum atomic E-state index is -0.147. The number of aliphatic hydroxyl groups is 1. The van der Waals surface area contributed by atoms with Gasteiger partial charge in [-0.2, -0.15) is 0 Å². The number of hydrogen-bond donors (Lipinski definition) is 1. The molecule has 2 nitrogen and oxygen atoms in total. The summed E-state index contributed by atoms with van der Waals surface area (Å²) < 4.78 is 0. The molecule has 3 fully saturated rings. The monoisotopic (exact) mass is 314 g/mol. The molecular weight excluding hydrogens is 284 g/mol. The molecule has 0 aliphatic heterocycles. The second-order valence-corrected chi connectivity index (χ2v) is 9.06. The Morgan fingerprint density at radius 1 is 1.09 bits per heavy atom. The van der Waals surface area contributed by atoms with E-state index in [4.69, 9.17) is 0 Å². The number of aliphatic hydroxyl groups excluding tert-OH is 1. The molecule has 6 atom stereocenters. The first kappa shape index (κ1) is 15.6. The molecule has 0 radical (unpaired) electrons. The van der Waals surface area contributed by atoms with Crippen LogP contribution in [0, 0.1) is 28.6 Å². The molecule has 0 bridgehead atoms. The summed E-state index contributed by atoms with van der Waals surface area (Å²) in [6.45, 7) is 6.60. The molecule has 3 saturated carbocycles. The number of ketones is 1. The summed E-state index contributed by atoms with van der Waals surface area (Å²) in [6, 6.07) is 0. The fourth-order valence-electron chi connectivity index (χ4n) is 6.65. The molecule has 0 saturated heterocycles. The number of rotatable bonds is 1. The third kappa shape index (κ3) is 2.06. The first-order valence-electron chi connectivity index (χ1n) is 9.46. The number of Topliss-reactive ketones (excluding diaryl/α,β-unsaturated/α-hetero) is 1. The van der Waals surface area contributed by atoms with Crippen LogP contribution in [0.3, 0.4) is 0 Å². The van der Waals surface area contributed by atoms with Crippen molar-refractivity contribution in [2.24, 2.45) is 28.6 Å². The van der Waals surface area contributed by atoms with E-state index in [2.05, 4.69) is 26.0 Å². The van der Waals surface area contributed by atoms with Crippen LogP contribution in [0.4, 0.5) is 0 Å². The number of fused-ring (bicyclic) bond motifs is 5. The quantitative estimate of drug-likeness (QED) is 0.777. The van der Waals surface area contributed by atoms with Gasteiger partial charge in [-0.1, -0.05) is 37.1 Å². The van der Waals surface area contributed by atoms with Crippen LogP contribution in [-0.4, -0.2) is 17.0 Å². The molecule has 1 N–H and O–H groups in total. The summed E-state index contributed by atoms with van der Waals surface area (Å²) in [7, 11) is 0. The summed E-state index contributed by atoms with van der Waals surface area (Å²) in [5.41, 5.74) is 3.53. The van der Waals surface area contributed by atoms with Crippen molar-refractivity contribution in [3.05, 3.63) is 23.3 Å². The Bertz CT molecular complexity index is 601. The van der Waals surface area contributed by atoms with E-state index in [-0.39, 0.29) is 22.9 Å². The van der Waals surface area contributed by atoms with E-state index in [1.54, 1.807) is 12.5 Å². The Balaban J connectivity index is 1.72. The predicted octanol–water partition coefficient (Wildman–Crippen LogP) is 4.44. The van der Waals surface area contributed by atoms with Crippen molar-refractivity contribution in [1.82, 2.24) is 0 Å². The van der Waals surface area contributed by atoms with Crippen LogP contribution in [-0.2, 0) is 4.79 Å². The molecule has 23 heavy (non-hydrogen) atoms. The van der Waals surface area contributed by atoms with Crippen LogP contribution >= 0.6 is 0 Å². The Kier molecular flexibility index (Phi) is 3.43. The van der Waals surface area contributed by atoms with Gasteiger partial charge >= 0.3 is 0 Å². The zero-order valence-electron chi connectivity index (χ0n) is 14.8. The molecule has 0 aromatic heterocycles. The highest BCUT2D eigenvalue weighted by molar-refractivity contribution is 5.79. The van der Waals surface area contributed by atoms with Gasteiger partial charge in [0.15, 0.2) is 0 Å². The zero-order valence-corrected chi connectivity index (χ0v) is 14.8. The number of allylic oxidation sites excluding steroid dienone is 3. The minimum Gasteiger partial charge on any atom is -0.393 e. The standard InChI is InChI=1S/C21H30O2/c1-13(22)17-6-7-18-16-5-4-14-12-15(23)8-10-20(14,2)19(16)9-11-21(17,18)3/h4-5,15,17-19,23H,6-12H2,1-3H3. The molecule has 0 heterocycles. The van der Waals surface area contributed by atoms with Crippen LogP contribution < -0.4 is 0 Å². The fourth-order valence-corrected chi connectivity index (χ4v) is 6.65. The Morgan fingerprint density at radius 3 is 2.61 bits per heavy atom. The van der Waals surface area contributed by atoms with E-state index in [1.807, 2.05) is 0 Å². The lowest BCUT2D eigenvalue weighted by Crippen LogP contribution is -2.46. The SMILES string of the molecule is CC(=O)C1CCC2C3=CC=C4CC(O)CCC4(C)C3CCC12C. The van der Waals surface area contributed by atoms with E-state index in [0.717, 1.165) is 25.7 Å². The predicted molar refractivity (Wildman–Crippen MR) is 91.9 cm³/mol. The molecule has 4 aliphatic carbocycles. The molecule has 6 unspecified atom stereocenters. The molecule has 0 aromatic carbocycles. The van der Waals surface area contributed by atoms with E-state index in [0.29, 0.717) is 17.6 Å². The van der Waals surface area contributed by atoms with Crippen LogP contribution in [0.5, 0.6) is 0 Å². The maximum Gasteiger partial charge on any atom is 0.133 e. The molecule has 4 rings (SSSR count). The Hall–Kier alpha value is -0.890. The summed E-state index contributed by atoms with van der Waals surface area (Å²) in [6.07, 6.45) is 12.1. The first-order valence-corrected chi connectivity index (χ1v) is 9.46. The lowest BCUT2D eigenvalue weighted by atomic mass is 9.50. The highest BCUT2D eigenvalue weighted by atomic mass is 16.3. The lowest BCUT2D eigenvalue weighted by molar-refractivity contribution is -0.124. The summed E-state index contributed by atoms with van der Waals surface area (Å²) in [5, 5.41) is 10.0. The number of hydrogen-bond acceptors (Lipinski definition) is 2. The molecule has 0 amide bonds. The lowest BCUT2D eigenvalue weighted by Gasteiger charge is -2.54. The van der Waals surface area contributed by atoms with Gasteiger partial charge in [0.2, 0.25) is 0 Å². The third-order valence-electron chi connectivity index (χ3n) is 8.04. The molecular formula is C21H30O2. The van der Waals surface area contributed by atoms with Crippen molar-refractivity contribution in [3.63, 3.8) is 0 Å². The Labute approximate surface area is 140 Å². The van der Waals surface area contributed by atoms with Gasteiger partial charge in [0, 0.05) is 5.92 Å². The number of carbonyl (C=O) groups excluding carboxylic acids is 1. The van der Waals surface area contributed by atoms with Crippen LogP contribution in [0.15, 0.2) is 23.3 Å². The van der Waals surface area contributed by atoms with Crippen molar-refractivity contribution < 1.29 is 9.90 Å². The van der Waals surface area contributed by atoms with Gasteiger partial charge in [0.1, 0.15) is 5.78 Å². The molecule has 0 aromatic rings. The summed E-state index contributed by atoms with van der Waals surface area (Å²) in [4.78, 5) is 12.1. The fraction of sp³-hybridized carbons (Fsp3) is 0.762. The van der Waals surface area contributed by atoms with Crippen molar-refractivity contribution in [3.8, 4) is 0 Å². The number of carbonyl (C=O) groups is 1. The van der Waals surface area contributed by atoms with E-state index >= 15 is 0 Å². The maximum atomic E-state index is 12.1. The topological polar surface area (TPSA) is 37.3 Å². The highest BCUT2D eigenvalue weighted by Gasteiger charge is 2.57. The molecule has 2 heteroatoms. The zero-order chi connectivity index (χ0) is 16.4. The van der Waals surface area contributed by atoms with Gasteiger partial charge < -0.3 is 5.11 Å². The van der Waals surface area contributed by atoms with Crippen molar-refractivity contribution in [2.75, 3.05) is 0 Å². The summed E-state index contributed by atoms with van der Waals surface area (Å²) >= 11 is 0. The van der Waals surface area contributed by atoms with Gasteiger partial charge in [-0.25, -0.2) is 0 Å². The molecule has 126 valence electrons. The largest absolute Gasteiger partial charge is 0.393 e. The summed E-state index contributed by atoms with van der Waals surface area (Å²) in [5.74, 6) is 1.89. The second kappa shape index (κ2) is 5.05. The van der Waals surface area contributed by atoms with E-state index in [9.17, 15) is 9.90 Å². The van der Waals surface area contributed by atoms with Crippen molar-refractivity contribution >= 4 is 5.78 Å². The normalized spacial score (nSPS) is 48.7. The Morgan fingerprint density at radius 2 is 1.87 bits per heavy atom. The van der Waals surface area contributed by atoms with E-state index < -0.39 is 0 Å². The van der Waals surface area contributed by atoms with Crippen LogP contribution in [0.2, 0.25) is 0 Å². The van der Waals surface area contributed by atoms with Gasteiger partial charge in [-0.3, -0.25) is 4.79 Å². The van der Waals surface area contributed by atoms with Crippen molar-refractivity contribution in [1.29, 1.82) is 0 Å². The molecule has 0 spiro atoms. The van der Waals surface area contributed by atoms with Crippen LogP contribution in [0.1, 0.15) is 65.7 Å². The van der Waals surface area contributed by atoms with Crippen molar-refractivity contribution in [2.45, 2.75) is 71.8 Å². The first-order chi connectivity index (χ1) is 10.9. The van der Waals surface area contributed by atoms with Gasteiger partial charge in [-0.05, 0) is 74.5 Å². The van der Waals surface area contributed by atoms with Gasteiger partial charge in [-0.15, -0.1) is 0 Å². The third-order valence-corrected chi connectivity index (χ3v) is 8.04. The average molecular weight is 314 g/mol. The average Bonchev–Trinajstić information content (AvgIpc) is 2.85.